The number of nitrogens with zero attached hydrogens (tertiary/aromatic N) is 3. The second-order valence-electron chi connectivity index (χ2n) is 5.31. The molecule has 5 nitrogen and oxygen atoms in total. The van der Waals surface area contributed by atoms with Crippen molar-refractivity contribution in [3.63, 3.8) is 0 Å². The second-order valence-corrected chi connectivity index (χ2v) is 6.26. The van der Waals surface area contributed by atoms with Crippen molar-refractivity contribution >= 4 is 29.3 Å². The number of fused-ring (bicyclic) bond motifs is 1. The lowest BCUT2D eigenvalue weighted by Crippen LogP contribution is -2.07. The van der Waals surface area contributed by atoms with Gasteiger partial charge < -0.3 is 5.11 Å². The lowest BCUT2D eigenvalue weighted by atomic mass is 10.2. The van der Waals surface area contributed by atoms with Crippen LogP contribution in [-0.4, -0.2) is 32.2 Å². The first kappa shape index (κ1) is 14.7. The molecule has 0 atom stereocenters. The van der Waals surface area contributed by atoms with Crippen molar-refractivity contribution in [1.82, 2.24) is 9.55 Å². The molecule has 2 heterocycles. The zero-order valence-corrected chi connectivity index (χ0v) is 13.4. The molecule has 6 heteroatoms. The molecule has 0 fully saturated rings. The van der Waals surface area contributed by atoms with Crippen LogP contribution in [0.1, 0.15) is 10.4 Å². The van der Waals surface area contributed by atoms with E-state index in [4.69, 9.17) is 5.11 Å². The van der Waals surface area contributed by atoms with E-state index in [0.717, 1.165) is 33.7 Å². The molecule has 0 spiro atoms. The van der Waals surface area contributed by atoms with Crippen molar-refractivity contribution in [2.75, 3.05) is 5.75 Å². The molecular weight excluding hydrogens is 322 g/mol. The van der Waals surface area contributed by atoms with E-state index >= 15 is 0 Å². The van der Waals surface area contributed by atoms with Gasteiger partial charge in [0.1, 0.15) is 5.84 Å². The van der Waals surface area contributed by atoms with Gasteiger partial charge in [-0.25, -0.2) is 14.8 Å². The highest BCUT2D eigenvalue weighted by atomic mass is 32.2. The maximum absolute atomic E-state index is 10.9. The third kappa shape index (κ3) is 2.72. The summed E-state index contributed by atoms with van der Waals surface area (Å²) in [7, 11) is 0. The number of thioether (sulfide) groups is 1. The van der Waals surface area contributed by atoms with Crippen LogP contribution in [0.4, 0.5) is 5.69 Å². The van der Waals surface area contributed by atoms with Gasteiger partial charge in [0.05, 0.1) is 22.7 Å². The standard InChI is InChI=1S/C18H13N3O2S/c22-17(23)13-6-8-14(9-7-13)19-16-11-24-18-20-15(10-21(16)18)12-4-2-1-3-5-12/h1-10H,11H2,(H,22,23). The highest BCUT2D eigenvalue weighted by Gasteiger charge is 2.21. The molecule has 0 bridgehead atoms. The Morgan fingerprint density at radius 2 is 1.88 bits per heavy atom. The number of aromatic nitrogens is 2. The quantitative estimate of drug-likeness (QED) is 0.787. The number of rotatable bonds is 3. The fourth-order valence-corrected chi connectivity index (χ4v) is 3.43. The van der Waals surface area contributed by atoms with E-state index in [1.807, 2.05) is 41.1 Å². The van der Waals surface area contributed by atoms with Crippen molar-refractivity contribution in [3.05, 3.63) is 66.4 Å². The minimum atomic E-state index is -0.935. The molecule has 1 aliphatic rings. The van der Waals surface area contributed by atoms with Crippen molar-refractivity contribution in [2.45, 2.75) is 5.16 Å². The number of hydrogen-bond donors (Lipinski definition) is 1. The van der Waals surface area contributed by atoms with E-state index < -0.39 is 5.97 Å². The fraction of sp³-hybridized carbons (Fsp3) is 0.0556. The Bertz CT molecular complexity index is 931. The van der Waals surface area contributed by atoms with Crippen LogP contribution in [0.15, 0.2) is 70.9 Å². The first-order valence-electron chi connectivity index (χ1n) is 7.39. The summed E-state index contributed by atoms with van der Waals surface area (Å²) in [6.07, 6.45) is 2.00. The van der Waals surface area contributed by atoms with Crippen LogP contribution >= 0.6 is 11.8 Å². The predicted molar refractivity (Wildman–Crippen MR) is 94.3 cm³/mol. The fourth-order valence-electron chi connectivity index (χ4n) is 2.51. The number of carboxylic acids is 1. The monoisotopic (exact) mass is 335 g/mol. The third-order valence-corrected chi connectivity index (χ3v) is 4.67. The van der Waals surface area contributed by atoms with E-state index in [0.29, 0.717) is 0 Å². The Balaban J connectivity index is 1.66. The molecule has 0 unspecified atom stereocenters. The zero-order chi connectivity index (χ0) is 16.5. The molecule has 0 saturated carbocycles. The van der Waals surface area contributed by atoms with E-state index in [1.54, 1.807) is 36.0 Å². The average molecular weight is 335 g/mol. The van der Waals surface area contributed by atoms with Crippen LogP contribution in [0.2, 0.25) is 0 Å². The molecule has 0 saturated heterocycles. The Hall–Kier alpha value is -2.86. The summed E-state index contributed by atoms with van der Waals surface area (Å²) in [4.78, 5) is 20.2. The summed E-state index contributed by atoms with van der Waals surface area (Å²) in [6.45, 7) is 0. The van der Waals surface area contributed by atoms with Crippen molar-refractivity contribution in [3.8, 4) is 11.3 Å². The molecular formula is C18H13N3O2S. The van der Waals surface area contributed by atoms with Crippen molar-refractivity contribution in [2.24, 2.45) is 4.99 Å². The highest BCUT2D eigenvalue weighted by Crippen LogP contribution is 2.30. The molecule has 1 aliphatic heterocycles. The molecule has 0 amide bonds. The van der Waals surface area contributed by atoms with Gasteiger partial charge in [-0.15, -0.1) is 0 Å². The summed E-state index contributed by atoms with van der Waals surface area (Å²) >= 11 is 1.65. The largest absolute Gasteiger partial charge is 0.478 e. The summed E-state index contributed by atoms with van der Waals surface area (Å²) < 4.78 is 2.00. The highest BCUT2D eigenvalue weighted by molar-refractivity contribution is 8.00. The molecule has 2 aromatic carbocycles. The van der Waals surface area contributed by atoms with Crippen LogP contribution in [0.3, 0.4) is 0 Å². The molecule has 118 valence electrons. The first-order chi connectivity index (χ1) is 11.7. The molecule has 0 aliphatic carbocycles. The number of imidazole rings is 1. The minimum Gasteiger partial charge on any atom is -0.478 e. The molecule has 3 aromatic rings. The second kappa shape index (κ2) is 5.98. The normalized spacial score (nSPS) is 14.8. The number of hydrogen-bond acceptors (Lipinski definition) is 4. The van der Waals surface area contributed by atoms with Crippen LogP contribution in [0.5, 0.6) is 0 Å². The van der Waals surface area contributed by atoms with Crippen LogP contribution in [0, 0.1) is 0 Å². The molecule has 24 heavy (non-hydrogen) atoms. The van der Waals surface area contributed by atoms with Gasteiger partial charge in [0, 0.05) is 11.8 Å². The summed E-state index contributed by atoms with van der Waals surface area (Å²) in [5.41, 5.74) is 2.99. The topological polar surface area (TPSA) is 67.5 Å². The Morgan fingerprint density at radius 1 is 1.12 bits per heavy atom. The number of carboxylic acid groups (broad SMARTS) is 1. The molecule has 4 rings (SSSR count). The first-order valence-corrected chi connectivity index (χ1v) is 8.38. The Labute approximate surface area is 142 Å². The molecule has 1 aromatic heterocycles. The van der Waals surface area contributed by atoms with Gasteiger partial charge in [0.25, 0.3) is 0 Å². The lowest BCUT2D eigenvalue weighted by Gasteiger charge is -2.01. The number of carbonyl (C=O) groups is 1. The maximum atomic E-state index is 10.9. The lowest BCUT2D eigenvalue weighted by molar-refractivity contribution is 0.0697. The molecule has 0 radical (unpaired) electrons. The van der Waals surface area contributed by atoms with Gasteiger partial charge in [-0.05, 0) is 24.3 Å². The van der Waals surface area contributed by atoms with Crippen LogP contribution in [0.25, 0.3) is 11.3 Å². The summed E-state index contributed by atoms with van der Waals surface area (Å²) in [5.74, 6) is 0.709. The van der Waals surface area contributed by atoms with E-state index in [-0.39, 0.29) is 5.56 Å². The Morgan fingerprint density at radius 3 is 2.58 bits per heavy atom. The minimum absolute atomic E-state index is 0.259. The van der Waals surface area contributed by atoms with Crippen LogP contribution in [-0.2, 0) is 0 Å². The SMILES string of the molecule is O=C(O)c1ccc(N=C2CSc3nc(-c4ccccc4)cn32)cc1. The van der Waals surface area contributed by atoms with Gasteiger partial charge in [-0.2, -0.15) is 0 Å². The van der Waals surface area contributed by atoms with Gasteiger partial charge in [-0.3, -0.25) is 4.57 Å². The molecule has 1 N–H and O–H groups in total. The van der Waals surface area contributed by atoms with E-state index in [1.165, 1.54) is 0 Å². The van der Waals surface area contributed by atoms with E-state index in [9.17, 15) is 4.79 Å². The van der Waals surface area contributed by atoms with Gasteiger partial charge in [0.15, 0.2) is 5.16 Å². The van der Waals surface area contributed by atoms with Gasteiger partial charge in [0.2, 0.25) is 0 Å². The smallest absolute Gasteiger partial charge is 0.335 e. The van der Waals surface area contributed by atoms with Gasteiger partial charge >= 0.3 is 5.97 Å². The maximum Gasteiger partial charge on any atom is 0.335 e. The number of aromatic carboxylic acids is 1. The predicted octanol–water partition coefficient (Wildman–Crippen LogP) is 3.93. The van der Waals surface area contributed by atoms with Crippen molar-refractivity contribution < 1.29 is 9.90 Å². The number of aliphatic imine (C=N–C) groups is 1. The summed E-state index contributed by atoms with van der Waals surface area (Å²) in [6, 6.07) is 16.6. The number of benzene rings is 2. The Kier molecular flexibility index (Phi) is 3.66. The summed E-state index contributed by atoms with van der Waals surface area (Å²) in [5, 5.41) is 9.88. The third-order valence-electron chi connectivity index (χ3n) is 3.72. The zero-order valence-electron chi connectivity index (χ0n) is 12.6. The van der Waals surface area contributed by atoms with Crippen LogP contribution < -0.4 is 0 Å². The van der Waals surface area contributed by atoms with Crippen molar-refractivity contribution in [1.29, 1.82) is 0 Å². The van der Waals surface area contributed by atoms with E-state index in [2.05, 4.69) is 9.98 Å². The average Bonchev–Trinajstić information content (AvgIpc) is 3.18. The van der Waals surface area contributed by atoms with Gasteiger partial charge in [-0.1, -0.05) is 42.1 Å².